The highest BCUT2D eigenvalue weighted by Crippen LogP contribution is 2.05. The highest BCUT2D eigenvalue weighted by Gasteiger charge is 1.95. The molecule has 1 N–H and O–H groups in total. The Morgan fingerprint density at radius 2 is 2.29 bits per heavy atom. The molecule has 0 aliphatic carbocycles. The maximum Gasteiger partial charge on any atom is 0.0632 e. The molecule has 3 nitrogen and oxygen atoms in total. The van der Waals surface area contributed by atoms with E-state index in [1.807, 2.05) is 17.1 Å². The number of halogens is 1. The first kappa shape index (κ1) is 11.7. The Morgan fingerprint density at radius 3 is 2.86 bits per heavy atom. The second-order valence-corrected chi connectivity index (χ2v) is 4.77. The third kappa shape index (κ3) is 4.77. The van der Waals surface area contributed by atoms with Gasteiger partial charge in [0.15, 0.2) is 0 Å². The lowest BCUT2D eigenvalue weighted by Gasteiger charge is -2.06. The summed E-state index contributed by atoms with van der Waals surface area (Å²) in [4.78, 5) is 0. The molecule has 1 aromatic heterocycles. The molecule has 0 saturated carbocycles. The lowest BCUT2D eigenvalue weighted by atomic mass is 10.1. The minimum atomic E-state index is 0.779. The van der Waals surface area contributed by atoms with Crippen LogP contribution in [0.1, 0.15) is 20.3 Å². The Balaban J connectivity index is 2.04. The Hall–Kier alpha value is -0.350. The Bertz CT molecular complexity index is 258. The quantitative estimate of drug-likeness (QED) is 0.795. The molecular weight excluding hydrogens is 242 g/mol. The summed E-state index contributed by atoms with van der Waals surface area (Å²) in [6.45, 7) is 7.50. The van der Waals surface area contributed by atoms with Crippen molar-refractivity contribution < 1.29 is 0 Å². The van der Waals surface area contributed by atoms with Gasteiger partial charge >= 0.3 is 0 Å². The molecule has 0 aliphatic heterocycles. The third-order valence-corrected chi connectivity index (χ3v) is 2.43. The van der Waals surface area contributed by atoms with Crippen molar-refractivity contribution >= 4 is 15.9 Å². The van der Waals surface area contributed by atoms with E-state index in [4.69, 9.17) is 0 Å². The van der Waals surface area contributed by atoms with Crippen LogP contribution in [-0.4, -0.2) is 22.9 Å². The average molecular weight is 260 g/mol. The van der Waals surface area contributed by atoms with Crippen molar-refractivity contribution in [3.05, 3.63) is 16.9 Å². The zero-order valence-electron chi connectivity index (χ0n) is 8.83. The average Bonchev–Trinajstić information content (AvgIpc) is 2.50. The smallest absolute Gasteiger partial charge is 0.0632 e. The number of nitrogens with zero attached hydrogens (tertiary/aromatic N) is 2. The molecule has 1 heterocycles. The Morgan fingerprint density at radius 1 is 1.50 bits per heavy atom. The first-order valence-corrected chi connectivity index (χ1v) is 5.86. The molecule has 1 aromatic rings. The summed E-state index contributed by atoms with van der Waals surface area (Å²) in [6, 6.07) is 0. The molecule has 0 atom stereocenters. The summed E-state index contributed by atoms with van der Waals surface area (Å²) in [7, 11) is 0. The fourth-order valence-corrected chi connectivity index (χ4v) is 1.50. The standard InChI is InChI=1S/C10H18BrN3/c1-9(2)3-4-12-5-6-14-8-10(11)7-13-14/h7-9,12H,3-6H2,1-2H3. The fourth-order valence-electron chi connectivity index (χ4n) is 1.17. The molecule has 0 aromatic carbocycles. The molecule has 14 heavy (non-hydrogen) atoms. The van der Waals surface area contributed by atoms with Gasteiger partial charge < -0.3 is 5.32 Å². The summed E-state index contributed by atoms with van der Waals surface area (Å²) in [6.07, 6.45) is 5.04. The molecule has 0 spiro atoms. The second kappa shape index (κ2) is 6.19. The lowest BCUT2D eigenvalue weighted by molar-refractivity contribution is 0.505. The van der Waals surface area contributed by atoms with E-state index in [1.54, 1.807) is 0 Å². The summed E-state index contributed by atoms with van der Waals surface area (Å²) < 4.78 is 2.98. The van der Waals surface area contributed by atoms with Crippen molar-refractivity contribution in [2.45, 2.75) is 26.8 Å². The van der Waals surface area contributed by atoms with E-state index in [0.29, 0.717) is 0 Å². The van der Waals surface area contributed by atoms with E-state index >= 15 is 0 Å². The molecule has 0 bridgehead atoms. The Labute approximate surface area is 94.0 Å². The van der Waals surface area contributed by atoms with Gasteiger partial charge in [-0.2, -0.15) is 5.10 Å². The van der Waals surface area contributed by atoms with Crippen molar-refractivity contribution in [3.63, 3.8) is 0 Å². The first-order valence-electron chi connectivity index (χ1n) is 5.07. The zero-order valence-corrected chi connectivity index (χ0v) is 10.4. The number of hydrogen-bond donors (Lipinski definition) is 1. The minimum Gasteiger partial charge on any atom is -0.315 e. The van der Waals surface area contributed by atoms with Gasteiger partial charge in [-0.05, 0) is 34.8 Å². The number of hydrogen-bond acceptors (Lipinski definition) is 2. The van der Waals surface area contributed by atoms with Gasteiger partial charge in [0.05, 0.1) is 17.2 Å². The highest BCUT2D eigenvalue weighted by atomic mass is 79.9. The molecule has 0 amide bonds. The predicted molar refractivity (Wildman–Crippen MR) is 62.3 cm³/mol. The van der Waals surface area contributed by atoms with Crippen LogP contribution in [0.15, 0.2) is 16.9 Å². The van der Waals surface area contributed by atoms with Gasteiger partial charge in [0, 0.05) is 12.7 Å². The van der Waals surface area contributed by atoms with Crippen LogP contribution in [0.2, 0.25) is 0 Å². The first-order chi connectivity index (χ1) is 6.68. The SMILES string of the molecule is CC(C)CCNCCn1cc(Br)cn1. The van der Waals surface area contributed by atoms with Gasteiger partial charge in [0.1, 0.15) is 0 Å². The van der Waals surface area contributed by atoms with Crippen LogP contribution in [0, 0.1) is 5.92 Å². The van der Waals surface area contributed by atoms with E-state index in [2.05, 4.69) is 40.2 Å². The van der Waals surface area contributed by atoms with Crippen LogP contribution in [0.25, 0.3) is 0 Å². The molecule has 4 heteroatoms. The molecule has 0 aliphatic rings. The van der Waals surface area contributed by atoms with Crippen molar-refractivity contribution in [2.75, 3.05) is 13.1 Å². The normalized spacial score (nSPS) is 11.1. The molecule has 1 rings (SSSR count). The Kier molecular flexibility index (Phi) is 5.19. The lowest BCUT2D eigenvalue weighted by Crippen LogP contribution is -2.22. The van der Waals surface area contributed by atoms with E-state index in [-0.39, 0.29) is 0 Å². The van der Waals surface area contributed by atoms with Gasteiger partial charge in [0.2, 0.25) is 0 Å². The highest BCUT2D eigenvalue weighted by molar-refractivity contribution is 9.10. The van der Waals surface area contributed by atoms with Crippen LogP contribution < -0.4 is 5.32 Å². The fraction of sp³-hybridized carbons (Fsp3) is 0.700. The third-order valence-electron chi connectivity index (χ3n) is 2.02. The van der Waals surface area contributed by atoms with Gasteiger partial charge in [-0.25, -0.2) is 0 Å². The molecule has 80 valence electrons. The second-order valence-electron chi connectivity index (χ2n) is 3.85. The topological polar surface area (TPSA) is 29.9 Å². The van der Waals surface area contributed by atoms with Crippen LogP contribution in [0.4, 0.5) is 0 Å². The monoisotopic (exact) mass is 259 g/mol. The van der Waals surface area contributed by atoms with Crippen molar-refractivity contribution in [1.29, 1.82) is 0 Å². The maximum atomic E-state index is 4.18. The van der Waals surface area contributed by atoms with E-state index < -0.39 is 0 Å². The van der Waals surface area contributed by atoms with Gasteiger partial charge in [-0.15, -0.1) is 0 Å². The van der Waals surface area contributed by atoms with Crippen LogP contribution in [0.5, 0.6) is 0 Å². The molecule has 0 unspecified atom stereocenters. The van der Waals surface area contributed by atoms with E-state index in [1.165, 1.54) is 6.42 Å². The maximum absolute atomic E-state index is 4.18. The van der Waals surface area contributed by atoms with Crippen LogP contribution in [0.3, 0.4) is 0 Å². The number of rotatable bonds is 6. The number of aromatic nitrogens is 2. The van der Waals surface area contributed by atoms with E-state index in [0.717, 1.165) is 30.0 Å². The van der Waals surface area contributed by atoms with Gasteiger partial charge in [-0.1, -0.05) is 13.8 Å². The van der Waals surface area contributed by atoms with Gasteiger partial charge in [-0.3, -0.25) is 4.68 Å². The molecule has 0 fully saturated rings. The molecule has 0 saturated heterocycles. The largest absolute Gasteiger partial charge is 0.315 e. The summed E-state index contributed by atoms with van der Waals surface area (Å²) in [5.74, 6) is 0.779. The summed E-state index contributed by atoms with van der Waals surface area (Å²) >= 11 is 3.37. The zero-order chi connectivity index (χ0) is 10.4. The summed E-state index contributed by atoms with van der Waals surface area (Å²) in [5.41, 5.74) is 0. The van der Waals surface area contributed by atoms with Crippen LogP contribution >= 0.6 is 15.9 Å². The van der Waals surface area contributed by atoms with Gasteiger partial charge in [0.25, 0.3) is 0 Å². The summed E-state index contributed by atoms with van der Waals surface area (Å²) in [5, 5.41) is 7.58. The van der Waals surface area contributed by atoms with Crippen molar-refractivity contribution in [1.82, 2.24) is 15.1 Å². The van der Waals surface area contributed by atoms with E-state index in [9.17, 15) is 0 Å². The van der Waals surface area contributed by atoms with Crippen molar-refractivity contribution in [2.24, 2.45) is 5.92 Å². The predicted octanol–water partition coefficient (Wildman–Crippen LogP) is 2.28. The minimum absolute atomic E-state index is 0.779. The van der Waals surface area contributed by atoms with Crippen LogP contribution in [-0.2, 0) is 6.54 Å². The van der Waals surface area contributed by atoms with Crippen molar-refractivity contribution in [3.8, 4) is 0 Å². The number of nitrogens with one attached hydrogen (secondary N) is 1. The molecule has 0 radical (unpaired) electrons. The molecular formula is C10H18BrN3.